The summed E-state index contributed by atoms with van der Waals surface area (Å²) in [6.45, 7) is 6.26. The van der Waals surface area contributed by atoms with Crippen molar-refractivity contribution in [3.63, 3.8) is 0 Å². The van der Waals surface area contributed by atoms with Crippen LogP contribution in [-0.2, 0) is 20.1 Å². The molecule has 3 aromatic rings. The van der Waals surface area contributed by atoms with E-state index in [0.29, 0.717) is 6.54 Å². The Morgan fingerprint density at radius 2 is 2.12 bits per heavy atom. The topological polar surface area (TPSA) is 62.8 Å². The summed E-state index contributed by atoms with van der Waals surface area (Å²) in [5.41, 5.74) is 4.23. The molecular formula is C18H26IN7. The molecule has 3 heterocycles. The number of halogens is 1. The number of aromatic nitrogens is 4. The number of nitrogens with one attached hydrogen (secondary N) is 1. The van der Waals surface area contributed by atoms with Crippen molar-refractivity contribution in [1.82, 2.24) is 29.4 Å². The van der Waals surface area contributed by atoms with Crippen LogP contribution in [0.5, 0.6) is 0 Å². The second-order valence-electron chi connectivity index (χ2n) is 6.18. The van der Waals surface area contributed by atoms with Gasteiger partial charge in [-0.2, -0.15) is 5.10 Å². The van der Waals surface area contributed by atoms with Crippen LogP contribution in [0.3, 0.4) is 0 Å². The van der Waals surface area contributed by atoms with E-state index in [1.807, 2.05) is 43.3 Å². The Bertz CT molecular complexity index is 881. The molecule has 8 heteroatoms. The molecule has 0 unspecified atom stereocenters. The van der Waals surface area contributed by atoms with Gasteiger partial charge >= 0.3 is 0 Å². The summed E-state index contributed by atoms with van der Waals surface area (Å²) in [4.78, 5) is 11.5. The van der Waals surface area contributed by atoms with Gasteiger partial charge in [-0.3, -0.25) is 4.68 Å². The molecule has 0 spiro atoms. The molecule has 3 rings (SSSR count). The number of aryl methyl sites for hydroxylation is 2. The number of fused-ring (bicyclic) bond motifs is 1. The molecule has 0 aliphatic heterocycles. The highest BCUT2D eigenvalue weighted by Crippen LogP contribution is 2.09. The van der Waals surface area contributed by atoms with Gasteiger partial charge in [0.15, 0.2) is 5.96 Å². The highest BCUT2D eigenvalue weighted by atomic mass is 127. The highest BCUT2D eigenvalue weighted by Gasteiger charge is 2.09. The molecule has 0 saturated carbocycles. The van der Waals surface area contributed by atoms with Gasteiger partial charge in [-0.15, -0.1) is 24.0 Å². The minimum Gasteiger partial charge on any atom is -0.357 e. The van der Waals surface area contributed by atoms with Crippen LogP contribution in [0.1, 0.15) is 23.9 Å². The standard InChI is InChI=1S/C18H25N7.HI/c1-5-19-18(23(3)11-15-9-21-24(4)12-15)20-10-16-13-25-14(2)7-6-8-17(25)22-16;/h6-9,12-13H,5,10-11H2,1-4H3,(H,19,20);1H. The molecule has 3 aromatic heterocycles. The van der Waals surface area contributed by atoms with Crippen molar-refractivity contribution < 1.29 is 0 Å². The van der Waals surface area contributed by atoms with E-state index < -0.39 is 0 Å². The number of guanidine groups is 1. The predicted molar refractivity (Wildman–Crippen MR) is 115 cm³/mol. The Labute approximate surface area is 171 Å². The van der Waals surface area contributed by atoms with Crippen molar-refractivity contribution in [2.24, 2.45) is 12.0 Å². The Hall–Kier alpha value is -2.10. The quantitative estimate of drug-likeness (QED) is 0.356. The minimum atomic E-state index is 0. The molecule has 140 valence electrons. The zero-order valence-corrected chi connectivity index (χ0v) is 18.0. The molecule has 0 aliphatic carbocycles. The fourth-order valence-corrected chi connectivity index (χ4v) is 2.80. The molecule has 0 amide bonds. The lowest BCUT2D eigenvalue weighted by atomic mass is 10.3. The van der Waals surface area contributed by atoms with Crippen LogP contribution in [0.4, 0.5) is 0 Å². The number of pyridine rings is 1. The Balaban J connectivity index is 0.00000243. The van der Waals surface area contributed by atoms with Crippen LogP contribution in [0.2, 0.25) is 0 Å². The third kappa shape index (κ3) is 4.75. The number of hydrogen-bond acceptors (Lipinski definition) is 3. The summed E-state index contributed by atoms with van der Waals surface area (Å²) in [5, 5.41) is 7.56. The summed E-state index contributed by atoms with van der Waals surface area (Å²) >= 11 is 0. The van der Waals surface area contributed by atoms with E-state index in [4.69, 9.17) is 4.99 Å². The molecule has 0 aromatic carbocycles. The zero-order valence-electron chi connectivity index (χ0n) is 15.7. The molecule has 0 bridgehead atoms. The zero-order chi connectivity index (χ0) is 17.8. The van der Waals surface area contributed by atoms with Crippen molar-refractivity contribution in [2.75, 3.05) is 13.6 Å². The van der Waals surface area contributed by atoms with E-state index in [2.05, 4.69) is 50.8 Å². The molecule has 0 atom stereocenters. The van der Waals surface area contributed by atoms with Crippen LogP contribution < -0.4 is 5.32 Å². The lowest BCUT2D eigenvalue weighted by molar-refractivity contribution is 0.476. The molecule has 0 fully saturated rings. The number of hydrogen-bond donors (Lipinski definition) is 1. The van der Waals surface area contributed by atoms with Crippen LogP contribution in [0, 0.1) is 6.92 Å². The normalized spacial score (nSPS) is 11.5. The third-order valence-corrected chi connectivity index (χ3v) is 4.01. The first-order valence-corrected chi connectivity index (χ1v) is 8.47. The largest absolute Gasteiger partial charge is 0.357 e. The first-order chi connectivity index (χ1) is 12.1. The second-order valence-corrected chi connectivity index (χ2v) is 6.18. The van der Waals surface area contributed by atoms with Crippen LogP contribution in [0.25, 0.3) is 5.65 Å². The lowest BCUT2D eigenvalue weighted by Gasteiger charge is -2.21. The van der Waals surface area contributed by atoms with Crippen molar-refractivity contribution >= 4 is 35.6 Å². The maximum Gasteiger partial charge on any atom is 0.194 e. The molecular weight excluding hydrogens is 441 g/mol. The summed E-state index contributed by atoms with van der Waals surface area (Å²) in [7, 11) is 3.95. The van der Waals surface area contributed by atoms with E-state index in [1.165, 1.54) is 5.69 Å². The summed E-state index contributed by atoms with van der Waals surface area (Å²) in [5.74, 6) is 0.861. The third-order valence-electron chi connectivity index (χ3n) is 4.01. The van der Waals surface area contributed by atoms with Gasteiger partial charge in [0.1, 0.15) is 5.65 Å². The van der Waals surface area contributed by atoms with Gasteiger partial charge in [-0.1, -0.05) is 6.07 Å². The predicted octanol–water partition coefficient (Wildman–Crippen LogP) is 2.59. The van der Waals surface area contributed by atoms with E-state index in [0.717, 1.165) is 36.0 Å². The first-order valence-electron chi connectivity index (χ1n) is 8.47. The number of aliphatic imine (C=N–C) groups is 1. The minimum absolute atomic E-state index is 0. The van der Waals surface area contributed by atoms with Crippen molar-refractivity contribution in [3.05, 3.63) is 53.7 Å². The monoisotopic (exact) mass is 467 g/mol. The summed E-state index contributed by atoms with van der Waals surface area (Å²) < 4.78 is 3.91. The van der Waals surface area contributed by atoms with Crippen molar-refractivity contribution in [1.29, 1.82) is 0 Å². The second kappa shape index (κ2) is 9.02. The Morgan fingerprint density at radius 3 is 2.77 bits per heavy atom. The van der Waals surface area contributed by atoms with Crippen LogP contribution in [-0.4, -0.2) is 43.6 Å². The summed E-state index contributed by atoms with van der Waals surface area (Å²) in [6.07, 6.45) is 5.95. The van der Waals surface area contributed by atoms with Gasteiger partial charge in [0.25, 0.3) is 0 Å². The number of imidazole rings is 1. The van der Waals surface area contributed by atoms with Gasteiger partial charge in [0.05, 0.1) is 18.4 Å². The van der Waals surface area contributed by atoms with Gasteiger partial charge in [0.2, 0.25) is 0 Å². The fraction of sp³-hybridized carbons (Fsp3) is 0.389. The number of rotatable bonds is 5. The van der Waals surface area contributed by atoms with Crippen molar-refractivity contribution in [2.45, 2.75) is 26.9 Å². The Kier molecular flexibility index (Phi) is 7.01. The molecule has 26 heavy (non-hydrogen) atoms. The van der Waals surface area contributed by atoms with E-state index in [9.17, 15) is 0 Å². The number of nitrogens with zero attached hydrogens (tertiary/aromatic N) is 6. The van der Waals surface area contributed by atoms with Gasteiger partial charge in [-0.05, 0) is 26.0 Å². The summed E-state index contributed by atoms with van der Waals surface area (Å²) in [6, 6.07) is 6.11. The molecule has 0 aliphatic rings. The van der Waals surface area contributed by atoms with E-state index >= 15 is 0 Å². The highest BCUT2D eigenvalue weighted by molar-refractivity contribution is 14.0. The lowest BCUT2D eigenvalue weighted by Crippen LogP contribution is -2.38. The van der Waals surface area contributed by atoms with Crippen molar-refractivity contribution in [3.8, 4) is 0 Å². The first kappa shape index (κ1) is 20.2. The molecule has 7 nitrogen and oxygen atoms in total. The van der Waals surface area contributed by atoms with Crippen LogP contribution >= 0.6 is 24.0 Å². The van der Waals surface area contributed by atoms with Gasteiger partial charge in [0, 0.05) is 50.8 Å². The maximum absolute atomic E-state index is 4.74. The average Bonchev–Trinajstić information content (AvgIpc) is 3.18. The molecule has 1 N–H and O–H groups in total. The van der Waals surface area contributed by atoms with Gasteiger partial charge in [-0.25, -0.2) is 9.98 Å². The van der Waals surface area contributed by atoms with Gasteiger partial charge < -0.3 is 14.6 Å². The Morgan fingerprint density at radius 1 is 1.31 bits per heavy atom. The van der Waals surface area contributed by atoms with Crippen LogP contribution in [0.15, 0.2) is 41.8 Å². The van der Waals surface area contributed by atoms with E-state index in [-0.39, 0.29) is 24.0 Å². The average molecular weight is 467 g/mol. The van der Waals surface area contributed by atoms with E-state index in [1.54, 1.807) is 0 Å². The smallest absolute Gasteiger partial charge is 0.194 e. The SMILES string of the molecule is CCNC(=NCc1cn2c(C)cccc2n1)N(C)Cc1cnn(C)c1.I. The maximum atomic E-state index is 4.74. The fourth-order valence-electron chi connectivity index (χ4n) is 2.80. The molecule has 0 radical (unpaired) electrons. The molecule has 0 saturated heterocycles.